The molecule has 16 heavy (non-hydrogen) atoms. The van der Waals surface area contributed by atoms with Gasteiger partial charge in [0, 0.05) is 18.6 Å². The van der Waals surface area contributed by atoms with Crippen molar-refractivity contribution in [3.05, 3.63) is 0 Å². The molecule has 0 radical (unpaired) electrons. The molecule has 2 N–H and O–H groups in total. The third-order valence-corrected chi connectivity index (χ3v) is 3.68. The monoisotopic (exact) mass is 228 g/mol. The average molecular weight is 228 g/mol. The SMILES string of the molecule is CCNC(C)C1CCCCN1CC(O)CC. The van der Waals surface area contributed by atoms with Crippen LogP contribution < -0.4 is 5.32 Å². The highest BCUT2D eigenvalue weighted by molar-refractivity contribution is 4.85. The number of hydrogen-bond acceptors (Lipinski definition) is 3. The molecule has 3 atom stereocenters. The molecule has 1 aliphatic rings. The number of nitrogens with zero attached hydrogens (tertiary/aromatic N) is 1. The summed E-state index contributed by atoms with van der Waals surface area (Å²) in [6.45, 7) is 9.50. The van der Waals surface area contributed by atoms with E-state index in [0.29, 0.717) is 12.1 Å². The Morgan fingerprint density at radius 1 is 1.38 bits per heavy atom. The number of nitrogens with one attached hydrogen (secondary N) is 1. The predicted octanol–water partition coefficient (Wildman–Crippen LogP) is 1.61. The zero-order valence-corrected chi connectivity index (χ0v) is 11.1. The topological polar surface area (TPSA) is 35.5 Å². The summed E-state index contributed by atoms with van der Waals surface area (Å²) in [5.74, 6) is 0. The van der Waals surface area contributed by atoms with Crippen molar-refractivity contribution < 1.29 is 5.11 Å². The van der Waals surface area contributed by atoms with Gasteiger partial charge in [-0.05, 0) is 39.3 Å². The smallest absolute Gasteiger partial charge is 0.0664 e. The minimum absolute atomic E-state index is 0.158. The molecule has 0 bridgehead atoms. The summed E-state index contributed by atoms with van der Waals surface area (Å²) < 4.78 is 0. The maximum absolute atomic E-state index is 9.78. The van der Waals surface area contributed by atoms with E-state index in [0.717, 1.165) is 26.1 Å². The minimum atomic E-state index is -0.158. The lowest BCUT2D eigenvalue weighted by Gasteiger charge is -2.40. The van der Waals surface area contributed by atoms with Gasteiger partial charge in [-0.3, -0.25) is 4.90 Å². The van der Waals surface area contributed by atoms with Crippen molar-refractivity contribution in [1.82, 2.24) is 10.2 Å². The number of piperidine rings is 1. The molecule has 3 unspecified atom stereocenters. The first-order valence-electron chi connectivity index (χ1n) is 6.84. The zero-order valence-electron chi connectivity index (χ0n) is 11.1. The molecule has 0 aromatic heterocycles. The normalized spacial score (nSPS) is 26.6. The molecule has 0 saturated carbocycles. The molecule has 96 valence electrons. The maximum Gasteiger partial charge on any atom is 0.0664 e. The molecule has 0 spiro atoms. The van der Waals surface area contributed by atoms with E-state index < -0.39 is 0 Å². The third kappa shape index (κ3) is 4.04. The van der Waals surface area contributed by atoms with Gasteiger partial charge in [0.1, 0.15) is 0 Å². The van der Waals surface area contributed by atoms with Gasteiger partial charge in [-0.25, -0.2) is 0 Å². The standard InChI is InChI=1S/C13H28N2O/c1-4-12(16)10-15-9-7-6-8-13(15)11(3)14-5-2/h11-14,16H,4-10H2,1-3H3. The summed E-state index contributed by atoms with van der Waals surface area (Å²) in [5, 5.41) is 13.3. The number of hydrogen-bond donors (Lipinski definition) is 2. The number of β-amino-alcohol motifs (C(OH)–C–C–N with tert-alkyl or cyclic N) is 1. The first-order valence-corrected chi connectivity index (χ1v) is 6.84. The summed E-state index contributed by atoms with van der Waals surface area (Å²) >= 11 is 0. The van der Waals surface area contributed by atoms with E-state index in [1.165, 1.54) is 19.3 Å². The quantitative estimate of drug-likeness (QED) is 0.725. The summed E-state index contributed by atoms with van der Waals surface area (Å²) in [6.07, 6.45) is 4.59. The van der Waals surface area contributed by atoms with Crippen LogP contribution in [0.15, 0.2) is 0 Å². The van der Waals surface area contributed by atoms with Crippen LogP contribution in [-0.4, -0.2) is 47.8 Å². The van der Waals surface area contributed by atoms with Crippen molar-refractivity contribution in [2.75, 3.05) is 19.6 Å². The Kier molecular flexibility index (Phi) is 6.32. The molecule has 1 rings (SSSR count). The van der Waals surface area contributed by atoms with Crippen molar-refractivity contribution in [2.45, 2.75) is 64.6 Å². The number of likely N-dealkylation sites (N-methyl/N-ethyl adjacent to an activating group) is 1. The zero-order chi connectivity index (χ0) is 12.0. The highest BCUT2D eigenvalue weighted by Gasteiger charge is 2.27. The molecular formula is C13H28N2O. The molecule has 0 aromatic rings. The van der Waals surface area contributed by atoms with E-state index in [1.807, 2.05) is 0 Å². The second-order valence-corrected chi connectivity index (χ2v) is 4.97. The first-order chi connectivity index (χ1) is 7.69. The van der Waals surface area contributed by atoms with Crippen LogP contribution in [0.5, 0.6) is 0 Å². The van der Waals surface area contributed by atoms with Crippen LogP contribution in [0, 0.1) is 0 Å². The van der Waals surface area contributed by atoms with Gasteiger partial charge in [0.2, 0.25) is 0 Å². The number of aliphatic hydroxyl groups excluding tert-OH is 1. The van der Waals surface area contributed by atoms with Crippen molar-refractivity contribution in [1.29, 1.82) is 0 Å². The third-order valence-electron chi connectivity index (χ3n) is 3.68. The summed E-state index contributed by atoms with van der Waals surface area (Å²) in [4.78, 5) is 2.48. The van der Waals surface area contributed by atoms with Crippen molar-refractivity contribution >= 4 is 0 Å². The molecule has 0 aliphatic carbocycles. The Bertz CT molecular complexity index is 187. The van der Waals surface area contributed by atoms with E-state index in [2.05, 4.69) is 31.0 Å². The highest BCUT2D eigenvalue weighted by atomic mass is 16.3. The molecule has 1 heterocycles. The van der Waals surface area contributed by atoms with E-state index >= 15 is 0 Å². The first kappa shape index (κ1) is 13.9. The van der Waals surface area contributed by atoms with E-state index in [4.69, 9.17) is 0 Å². The number of aliphatic hydroxyl groups is 1. The molecule has 1 fully saturated rings. The van der Waals surface area contributed by atoms with Crippen molar-refractivity contribution in [3.8, 4) is 0 Å². The van der Waals surface area contributed by atoms with Crippen LogP contribution >= 0.6 is 0 Å². The van der Waals surface area contributed by atoms with E-state index in [9.17, 15) is 5.11 Å². The second kappa shape index (κ2) is 7.25. The molecular weight excluding hydrogens is 200 g/mol. The molecule has 1 aliphatic heterocycles. The number of likely N-dealkylation sites (tertiary alicyclic amines) is 1. The lowest BCUT2D eigenvalue weighted by Crippen LogP contribution is -2.52. The van der Waals surface area contributed by atoms with Crippen LogP contribution in [-0.2, 0) is 0 Å². The van der Waals surface area contributed by atoms with E-state index in [1.54, 1.807) is 0 Å². The molecule has 3 heteroatoms. The Morgan fingerprint density at radius 2 is 2.12 bits per heavy atom. The van der Waals surface area contributed by atoms with Crippen molar-refractivity contribution in [2.24, 2.45) is 0 Å². The van der Waals surface area contributed by atoms with Gasteiger partial charge in [-0.1, -0.05) is 20.3 Å². The van der Waals surface area contributed by atoms with Crippen LogP contribution in [0.3, 0.4) is 0 Å². The fourth-order valence-corrected chi connectivity index (χ4v) is 2.67. The highest BCUT2D eigenvalue weighted by Crippen LogP contribution is 2.20. The van der Waals surface area contributed by atoms with Crippen molar-refractivity contribution in [3.63, 3.8) is 0 Å². The number of rotatable bonds is 6. The summed E-state index contributed by atoms with van der Waals surface area (Å²) in [6, 6.07) is 1.14. The van der Waals surface area contributed by atoms with Gasteiger partial charge >= 0.3 is 0 Å². The molecule has 0 aromatic carbocycles. The largest absolute Gasteiger partial charge is 0.392 e. The molecule has 3 nitrogen and oxygen atoms in total. The Hall–Kier alpha value is -0.120. The van der Waals surface area contributed by atoms with Crippen LogP contribution in [0.4, 0.5) is 0 Å². The Morgan fingerprint density at radius 3 is 2.75 bits per heavy atom. The summed E-state index contributed by atoms with van der Waals surface area (Å²) in [5.41, 5.74) is 0. The average Bonchev–Trinajstić information content (AvgIpc) is 2.30. The maximum atomic E-state index is 9.78. The second-order valence-electron chi connectivity index (χ2n) is 4.97. The van der Waals surface area contributed by atoms with Crippen LogP contribution in [0.1, 0.15) is 46.5 Å². The fourth-order valence-electron chi connectivity index (χ4n) is 2.67. The lowest BCUT2D eigenvalue weighted by molar-refractivity contribution is 0.0533. The molecule has 0 amide bonds. The van der Waals surface area contributed by atoms with Gasteiger partial charge in [0.15, 0.2) is 0 Å². The summed E-state index contributed by atoms with van der Waals surface area (Å²) in [7, 11) is 0. The van der Waals surface area contributed by atoms with Gasteiger partial charge in [0.05, 0.1) is 6.10 Å². The van der Waals surface area contributed by atoms with Gasteiger partial charge in [-0.15, -0.1) is 0 Å². The fraction of sp³-hybridized carbons (Fsp3) is 1.00. The van der Waals surface area contributed by atoms with Gasteiger partial charge < -0.3 is 10.4 Å². The molecule has 1 saturated heterocycles. The predicted molar refractivity (Wildman–Crippen MR) is 68.6 cm³/mol. The Labute approximate surface area is 100 Å². The van der Waals surface area contributed by atoms with E-state index in [-0.39, 0.29) is 6.10 Å². The lowest BCUT2D eigenvalue weighted by atomic mass is 9.96. The van der Waals surface area contributed by atoms with Gasteiger partial charge in [0.25, 0.3) is 0 Å². The minimum Gasteiger partial charge on any atom is -0.392 e. The van der Waals surface area contributed by atoms with Crippen LogP contribution in [0.2, 0.25) is 0 Å². The van der Waals surface area contributed by atoms with Gasteiger partial charge in [-0.2, -0.15) is 0 Å². The van der Waals surface area contributed by atoms with Crippen LogP contribution in [0.25, 0.3) is 0 Å². The Balaban J connectivity index is 2.49.